The summed E-state index contributed by atoms with van der Waals surface area (Å²) in [5.74, 6) is 0.0295. The van der Waals surface area contributed by atoms with Crippen molar-refractivity contribution in [2.24, 2.45) is 11.8 Å². The molecule has 0 aliphatic carbocycles. The molecule has 0 saturated carbocycles. The lowest BCUT2D eigenvalue weighted by atomic mass is 9.96. The number of hydrogen-bond acceptors (Lipinski definition) is 1. The van der Waals surface area contributed by atoms with E-state index in [0.717, 1.165) is 5.56 Å². The molecule has 0 radical (unpaired) electrons. The molecule has 15 heavy (non-hydrogen) atoms. The minimum atomic E-state index is -0.294. The minimum absolute atomic E-state index is 0.202. The Bertz CT molecular complexity index is 341. The van der Waals surface area contributed by atoms with Crippen LogP contribution in [0.1, 0.15) is 19.4 Å². The lowest BCUT2D eigenvalue weighted by Gasteiger charge is -2.11. The normalized spacial score (nSPS) is 13.3. The summed E-state index contributed by atoms with van der Waals surface area (Å²) in [7, 11) is 0. The van der Waals surface area contributed by atoms with Gasteiger partial charge in [0, 0.05) is 0 Å². The van der Waals surface area contributed by atoms with Crippen LogP contribution in [-0.4, -0.2) is 5.24 Å². The van der Waals surface area contributed by atoms with E-state index in [9.17, 15) is 4.79 Å². The van der Waals surface area contributed by atoms with Gasteiger partial charge in [0.05, 0.1) is 5.92 Å². The van der Waals surface area contributed by atoms with Crippen molar-refractivity contribution < 1.29 is 4.79 Å². The van der Waals surface area contributed by atoms with E-state index in [1.54, 1.807) is 0 Å². The van der Waals surface area contributed by atoms with Crippen LogP contribution in [0.3, 0.4) is 0 Å². The van der Waals surface area contributed by atoms with Crippen molar-refractivity contribution in [3.05, 3.63) is 42.0 Å². The predicted molar refractivity (Wildman–Crippen MR) is 64.7 cm³/mol. The zero-order chi connectivity index (χ0) is 11.3. The van der Waals surface area contributed by atoms with Crippen LogP contribution in [0.2, 0.25) is 0 Å². The summed E-state index contributed by atoms with van der Waals surface area (Å²) in [6, 6.07) is 9.88. The molecule has 2 heteroatoms. The van der Waals surface area contributed by atoms with Gasteiger partial charge in [0.2, 0.25) is 5.24 Å². The van der Waals surface area contributed by atoms with Gasteiger partial charge in [-0.15, -0.1) is 0 Å². The third-order valence-corrected chi connectivity index (χ3v) is 2.53. The first-order valence-electron chi connectivity index (χ1n) is 5.04. The average Bonchev–Trinajstić information content (AvgIpc) is 2.18. The summed E-state index contributed by atoms with van der Waals surface area (Å²) in [5, 5.41) is -0.294. The summed E-state index contributed by atoms with van der Waals surface area (Å²) in [6.45, 7) is 3.97. The van der Waals surface area contributed by atoms with E-state index in [4.69, 9.17) is 11.6 Å². The highest BCUT2D eigenvalue weighted by molar-refractivity contribution is 6.64. The topological polar surface area (TPSA) is 17.1 Å². The lowest BCUT2D eigenvalue weighted by molar-refractivity contribution is -0.114. The van der Waals surface area contributed by atoms with Crippen molar-refractivity contribution in [2.45, 2.75) is 13.8 Å². The number of benzene rings is 1. The fraction of sp³-hybridized carbons (Fsp3) is 0.308. The number of hydrogen-bond donors (Lipinski definition) is 0. The van der Waals surface area contributed by atoms with Crippen LogP contribution in [0, 0.1) is 11.8 Å². The maximum absolute atomic E-state index is 11.1. The zero-order valence-corrected chi connectivity index (χ0v) is 9.74. The van der Waals surface area contributed by atoms with Crippen molar-refractivity contribution in [3.63, 3.8) is 0 Å². The Balaban J connectivity index is 2.75. The van der Waals surface area contributed by atoms with Gasteiger partial charge in [0.15, 0.2) is 0 Å². The van der Waals surface area contributed by atoms with Crippen LogP contribution < -0.4 is 0 Å². The quantitative estimate of drug-likeness (QED) is 0.710. The number of rotatable bonds is 4. The van der Waals surface area contributed by atoms with Gasteiger partial charge in [-0.05, 0) is 23.1 Å². The van der Waals surface area contributed by atoms with Crippen molar-refractivity contribution in [3.8, 4) is 0 Å². The second-order valence-electron chi connectivity index (χ2n) is 3.84. The number of halogens is 1. The standard InChI is InChI=1S/C13H15ClO/c1-10(2)12(13(14)15)9-8-11-6-4-3-5-7-11/h3-10,12H,1-2H3. The first-order chi connectivity index (χ1) is 7.11. The van der Waals surface area contributed by atoms with Gasteiger partial charge in [0.1, 0.15) is 0 Å². The van der Waals surface area contributed by atoms with Gasteiger partial charge >= 0.3 is 0 Å². The van der Waals surface area contributed by atoms with Gasteiger partial charge in [-0.25, -0.2) is 0 Å². The van der Waals surface area contributed by atoms with Crippen molar-refractivity contribution in [1.82, 2.24) is 0 Å². The summed E-state index contributed by atoms with van der Waals surface area (Å²) in [4.78, 5) is 11.1. The van der Waals surface area contributed by atoms with Crippen LogP contribution in [0.4, 0.5) is 0 Å². The molecule has 0 aromatic heterocycles. The number of carbonyl (C=O) groups excluding carboxylic acids is 1. The molecule has 1 aromatic carbocycles. The van der Waals surface area contributed by atoms with Crippen LogP contribution in [0.5, 0.6) is 0 Å². The molecule has 1 nitrogen and oxygen atoms in total. The molecule has 0 fully saturated rings. The molecule has 0 aliphatic rings. The van der Waals surface area contributed by atoms with Gasteiger partial charge in [-0.3, -0.25) is 4.79 Å². The SMILES string of the molecule is CC(C)C(C=Cc1ccccc1)C(=O)Cl. The molecule has 1 rings (SSSR count). The number of carbonyl (C=O) groups is 1. The van der Waals surface area contributed by atoms with Crippen molar-refractivity contribution in [2.75, 3.05) is 0 Å². The lowest BCUT2D eigenvalue weighted by Crippen LogP contribution is -2.12. The predicted octanol–water partition coefficient (Wildman–Crippen LogP) is 3.74. The molecule has 0 N–H and O–H groups in total. The second-order valence-corrected chi connectivity index (χ2v) is 4.22. The molecule has 1 unspecified atom stereocenters. The van der Waals surface area contributed by atoms with Crippen LogP contribution in [-0.2, 0) is 4.79 Å². The smallest absolute Gasteiger partial charge is 0.228 e. The van der Waals surface area contributed by atoms with E-state index in [1.807, 2.05) is 56.3 Å². The van der Waals surface area contributed by atoms with Gasteiger partial charge < -0.3 is 0 Å². The Labute approximate surface area is 95.8 Å². The van der Waals surface area contributed by atoms with E-state index in [1.165, 1.54) is 0 Å². The van der Waals surface area contributed by atoms with Gasteiger partial charge in [-0.1, -0.05) is 56.3 Å². The van der Waals surface area contributed by atoms with Crippen LogP contribution >= 0.6 is 11.6 Å². The molecule has 0 spiro atoms. The molecule has 80 valence electrons. The molecule has 0 bridgehead atoms. The largest absolute Gasteiger partial charge is 0.281 e. The maximum Gasteiger partial charge on any atom is 0.228 e. The van der Waals surface area contributed by atoms with Crippen molar-refractivity contribution in [1.29, 1.82) is 0 Å². The third-order valence-electron chi connectivity index (χ3n) is 2.28. The van der Waals surface area contributed by atoms with E-state index < -0.39 is 0 Å². The minimum Gasteiger partial charge on any atom is -0.281 e. The van der Waals surface area contributed by atoms with E-state index in [0.29, 0.717) is 0 Å². The second kappa shape index (κ2) is 5.72. The monoisotopic (exact) mass is 222 g/mol. The molecule has 0 saturated heterocycles. The molecular formula is C13H15ClO. The first-order valence-corrected chi connectivity index (χ1v) is 5.41. The third kappa shape index (κ3) is 3.88. The Morgan fingerprint density at radius 2 is 1.87 bits per heavy atom. The zero-order valence-electron chi connectivity index (χ0n) is 8.98. The fourth-order valence-corrected chi connectivity index (χ4v) is 1.66. The number of allylic oxidation sites excluding steroid dienone is 1. The molecule has 0 aliphatic heterocycles. The molecule has 1 aromatic rings. The molecule has 1 atom stereocenters. The van der Waals surface area contributed by atoms with Crippen LogP contribution in [0.15, 0.2) is 36.4 Å². The van der Waals surface area contributed by atoms with Crippen molar-refractivity contribution >= 4 is 22.9 Å². The molecule has 0 amide bonds. The fourth-order valence-electron chi connectivity index (χ4n) is 1.34. The maximum atomic E-state index is 11.1. The Morgan fingerprint density at radius 3 is 2.33 bits per heavy atom. The summed E-state index contributed by atoms with van der Waals surface area (Å²) >= 11 is 5.51. The van der Waals surface area contributed by atoms with E-state index in [-0.39, 0.29) is 17.1 Å². The molecule has 0 heterocycles. The van der Waals surface area contributed by atoms with E-state index >= 15 is 0 Å². The first kappa shape index (κ1) is 12.0. The highest BCUT2D eigenvalue weighted by Gasteiger charge is 2.16. The highest BCUT2D eigenvalue weighted by Crippen LogP contribution is 2.17. The van der Waals surface area contributed by atoms with E-state index in [2.05, 4.69) is 0 Å². The Kier molecular flexibility index (Phi) is 4.57. The van der Waals surface area contributed by atoms with Gasteiger partial charge in [0.25, 0.3) is 0 Å². The Morgan fingerprint density at radius 1 is 1.27 bits per heavy atom. The molecular weight excluding hydrogens is 208 g/mol. The van der Waals surface area contributed by atoms with Crippen LogP contribution in [0.25, 0.3) is 6.08 Å². The summed E-state index contributed by atoms with van der Waals surface area (Å²) in [6.07, 6.45) is 3.81. The summed E-state index contributed by atoms with van der Waals surface area (Å²) < 4.78 is 0. The average molecular weight is 223 g/mol. The Hall–Kier alpha value is -1.08. The van der Waals surface area contributed by atoms with Gasteiger partial charge in [-0.2, -0.15) is 0 Å². The highest BCUT2D eigenvalue weighted by atomic mass is 35.5. The summed E-state index contributed by atoms with van der Waals surface area (Å²) in [5.41, 5.74) is 1.08.